The zero-order chi connectivity index (χ0) is 34.1. The van der Waals surface area contributed by atoms with E-state index in [2.05, 4.69) is 5.32 Å². The monoisotopic (exact) mass is 623 g/mol. The molecule has 244 valence electrons. The number of hydrogen-bond acceptors (Lipinski definition) is 9. The molecule has 2 aliphatic heterocycles. The minimum atomic E-state index is -1.18. The van der Waals surface area contributed by atoms with Gasteiger partial charge in [-0.05, 0) is 38.0 Å². The first-order valence-electron chi connectivity index (χ1n) is 15.2. The van der Waals surface area contributed by atoms with E-state index < -0.39 is 83.0 Å². The molecular formula is C35H45NO9. The van der Waals surface area contributed by atoms with Crippen molar-refractivity contribution in [2.45, 2.75) is 79.8 Å². The number of allylic oxidation sites excluding steroid dienone is 5. The first kappa shape index (κ1) is 35.8. The van der Waals surface area contributed by atoms with E-state index >= 15 is 0 Å². The lowest BCUT2D eigenvalue weighted by atomic mass is 9.77. The summed E-state index contributed by atoms with van der Waals surface area (Å²) in [6.07, 6.45) is 2.61. The quantitative estimate of drug-likeness (QED) is 0.253. The van der Waals surface area contributed by atoms with Crippen molar-refractivity contribution in [2.24, 2.45) is 29.6 Å². The van der Waals surface area contributed by atoms with Crippen LogP contribution in [0.15, 0.2) is 53.3 Å². The Kier molecular flexibility index (Phi) is 11.3. The molecule has 4 rings (SSSR count). The van der Waals surface area contributed by atoms with Gasteiger partial charge in [0.15, 0.2) is 11.6 Å². The number of ketones is 3. The fraction of sp³-hybridized carbons (Fsp3) is 0.486. The molecule has 10 heteroatoms. The first-order valence-corrected chi connectivity index (χ1v) is 15.2. The van der Waals surface area contributed by atoms with Crippen LogP contribution in [-0.4, -0.2) is 73.2 Å². The summed E-state index contributed by atoms with van der Waals surface area (Å²) < 4.78 is 0. The number of carbonyl (C=O) groups excluding carboxylic acids is 4. The second-order valence-corrected chi connectivity index (χ2v) is 12.7. The van der Waals surface area contributed by atoms with Crippen LogP contribution >= 0.6 is 0 Å². The van der Waals surface area contributed by atoms with Crippen molar-refractivity contribution in [3.63, 3.8) is 0 Å². The van der Waals surface area contributed by atoms with E-state index in [0.29, 0.717) is 0 Å². The molecule has 0 aromatic heterocycles. The Morgan fingerprint density at radius 3 is 1.80 bits per heavy atom. The van der Waals surface area contributed by atoms with Crippen molar-refractivity contribution < 1.29 is 44.7 Å². The highest BCUT2D eigenvalue weighted by Crippen LogP contribution is 2.35. The highest BCUT2D eigenvalue weighted by Gasteiger charge is 2.38. The third-order valence-corrected chi connectivity index (χ3v) is 9.28. The third kappa shape index (κ3) is 7.25. The molecule has 1 aromatic rings. The SMILES string of the molecule is C/C1=C/C=C/[C@H](C)[C@H](O)[C@@H](C)[C@@H](O)[C@@H](C)[C@H](O)[C@H](C)[C@@H](O)[C@@H](C)/C=C(\C)C(=O)c2c(O)c(C)cc3c2C(=O)C=C(NC1=O)C3=O. The Labute approximate surface area is 263 Å². The average molecular weight is 624 g/mol. The van der Waals surface area contributed by atoms with Gasteiger partial charge < -0.3 is 30.8 Å². The number of aliphatic hydroxyl groups excluding tert-OH is 4. The second kappa shape index (κ2) is 14.2. The molecular weight excluding hydrogens is 578 g/mol. The number of carbonyl (C=O) groups is 4. The number of nitrogens with one attached hydrogen (secondary N) is 1. The highest BCUT2D eigenvalue weighted by atomic mass is 16.3. The van der Waals surface area contributed by atoms with Crippen LogP contribution in [0.2, 0.25) is 0 Å². The lowest BCUT2D eigenvalue weighted by Crippen LogP contribution is -2.45. The van der Waals surface area contributed by atoms with Crippen LogP contribution in [0.5, 0.6) is 5.75 Å². The maximum absolute atomic E-state index is 13.7. The molecule has 0 spiro atoms. The number of fused-ring (bicyclic) bond motifs is 15. The summed E-state index contributed by atoms with van der Waals surface area (Å²) >= 11 is 0. The normalized spacial score (nSPS) is 35.6. The number of amides is 1. The average Bonchev–Trinajstić information content (AvgIpc) is 3.00. The van der Waals surface area contributed by atoms with Crippen LogP contribution in [0.1, 0.15) is 85.1 Å². The maximum atomic E-state index is 13.7. The van der Waals surface area contributed by atoms with Gasteiger partial charge in [-0.25, -0.2) is 0 Å². The summed E-state index contributed by atoms with van der Waals surface area (Å²) in [7, 11) is 0. The number of phenolic OH excluding ortho intramolecular Hbond substituents is 1. The maximum Gasteiger partial charge on any atom is 0.251 e. The van der Waals surface area contributed by atoms with E-state index in [9.17, 15) is 44.7 Å². The van der Waals surface area contributed by atoms with Gasteiger partial charge in [-0.15, -0.1) is 0 Å². The number of benzene rings is 1. The van der Waals surface area contributed by atoms with E-state index in [1.807, 2.05) is 0 Å². The molecule has 0 radical (unpaired) electrons. The number of phenols is 1. The Balaban J connectivity index is 2.16. The van der Waals surface area contributed by atoms with Gasteiger partial charge in [0, 0.05) is 52.4 Å². The van der Waals surface area contributed by atoms with Gasteiger partial charge in [0.2, 0.25) is 5.78 Å². The van der Waals surface area contributed by atoms with E-state index in [1.165, 1.54) is 39.0 Å². The molecule has 2 heterocycles. The summed E-state index contributed by atoms with van der Waals surface area (Å²) in [5, 5.41) is 57.6. The molecule has 6 N–H and O–H groups in total. The smallest absolute Gasteiger partial charge is 0.251 e. The first-order chi connectivity index (χ1) is 20.9. The van der Waals surface area contributed by atoms with Crippen molar-refractivity contribution in [3.8, 4) is 5.75 Å². The molecule has 3 aliphatic rings. The summed E-state index contributed by atoms with van der Waals surface area (Å²) in [6, 6.07) is 1.30. The summed E-state index contributed by atoms with van der Waals surface area (Å²) in [5.74, 6) is -6.59. The molecule has 10 nitrogen and oxygen atoms in total. The number of rotatable bonds is 0. The standard InChI is InChI=1S/C35H45NO9/c1-15-10-9-11-16(2)35(45)36-24-14-25(37)26-23(34(24)44)13-19(5)31(41)27(26)30(40)18(4)12-17(3)29(39)21(7)33(43)22(8)32(42)20(6)28(15)38/h9-15,17,20-22,28-29,32-33,38-39,41-43H,1-8H3,(H,36,45)/b10-9+,16-11-,18-12+/t15-,17-,20+,21+,22+,28-,29-,32+,33+/m0/s1. The fourth-order valence-corrected chi connectivity index (χ4v) is 6.04. The lowest BCUT2D eigenvalue weighted by molar-refractivity contribution is -0.116. The molecule has 9 atom stereocenters. The molecule has 0 saturated heterocycles. The number of hydrogen-bond donors (Lipinski definition) is 6. The fourth-order valence-electron chi connectivity index (χ4n) is 6.04. The Morgan fingerprint density at radius 2 is 1.22 bits per heavy atom. The molecule has 0 saturated carbocycles. The van der Waals surface area contributed by atoms with Gasteiger partial charge in [0.05, 0.1) is 35.7 Å². The van der Waals surface area contributed by atoms with Crippen molar-refractivity contribution in [1.29, 1.82) is 0 Å². The molecule has 1 aliphatic carbocycles. The zero-order valence-electron chi connectivity index (χ0n) is 27.0. The van der Waals surface area contributed by atoms with Gasteiger partial charge in [0.1, 0.15) is 5.75 Å². The van der Waals surface area contributed by atoms with Crippen LogP contribution in [0.25, 0.3) is 0 Å². The molecule has 0 unspecified atom stereocenters. The summed E-state index contributed by atoms with van der Waals surface area (Å²) in [6.45, 7) is 12.7. The summed E-state index contributed by atoms with van der Waals surface area (Å²) in [5.41, 5.74) is -0.607. The van der Waals surface area contributed by atoms with E-state index in [1.54, 1.807) is 46.8 Å². The molecule has 45 heavy (non-hydrogen) atoms. The van der Waals surface area contributed by atoms with Crippen molar-refractivity contribution >= 4 is 23.3 Å². The lowest BCUT2D eigenvalue weighted by Gasteiger charge is -2.36. The molecule has 1 amide bonds. The topological polar surface area (TPSA) is 181 Å². The molecule has 0 fully saturated rings. The van der Waals surface area contributed by atoms with Gasteiger partial charge >= 0.3 is 0 Å². The van der Waals surface area contributed by atoms with Gasteiger partial charge in [-0.3, -0.25) is 19.2 Å². The number of aryl methyl sites for hydroxylation is 1. The Morgan fingerprint density at radius 1 is 0.689 bits per heavy atom. The zero-order valence-corrected chi connectivity index (χ0v) is 27.0. The Hall–Kier alpha value is -3.70. The Bertz CT molecular complexity index is 1500. The van der Waals surface area contributed by atoms with E-state index in [4.69, 9.17) is 0 Å². The minimum absolute atomic E-state index is 0.0835. The number of Topliss-reactive ketones (excluding diaryl/α,β-unsaturated/α-hetero) is 2. The van der Waals surface area contributed by atoms with Crippen LogP contribution in [0, 0.1) is 36.5 Å². The van der Waals surface area contributed by atoms with Gasteiger partial charge in [-0.1, -0.05) is 58.9 Å². The van der Waals surface area contributed by atoms with Crippen LogP contribution < -0.4 is 5.32 Å². The van der Waals surface area contributed by atoms with Crippen molar-refractivity contribution in [3.05, 3.63) is 75.5 Å². The third-order valence-electron chi connectivity index (χ3n) is 9.28. The van der Waals surface area contributed by atoms with Gasteiger partial charge in [-0.2, -0.15) is 0 Å². The van der Waals surface area contributed by atoms with Crippen LogP contribution in [0.3, 0.4) is 0 Å². The van der Waals surface area contributed by atoms with Crippen LogP contribution in [-0.2, 0) is 4.79 Å². The van der Waals surface area contributed by atoms with E-state index in [-0.39, 0.29) is 39.1 Å². The number of aliphatic hydroxyl groups is 4. The second-order valence-electron chi connectivity index (χ2n) is 12.7. The summed E-state index contributed by atoms with van der Waals surface area (Å²) in [4.78, 5) is 53.4. The minimum Gasteiger partial charge on any atom is -0.507 e. The van der Waals surface area contributed by atoms with Crippen molar-refractivity contribution in [1.82, 2.24) is 5.32 Å². The molecule has 1 aromatic carbocycles. The molecule has 4 bridgehead atoms. The predicted octanol–water partition coefficient (Wildman–Crippen LogP) is 3.35. The van der Waals surface area contributed by atoms with E-state index in [0.717, 1.165) is 6.08 Å². The predicted molar refractivity (Wildman–Crippen MR) is 169 cm³/mol. The van der Waals surface area contributed by atoms with Crippen molar-refractivity contribution in [2.75, 3.05) is 0 Å². The number of aromatic hydroxyl groups is 1. The van der Waals surface area contributed by atoms with Gasteiger partial charge in [0.25, 0.3) is 5.91 Å². The largest absolute Gasteiger partial charge is 0.507 e. The highest BCUT2D eigenvalue weighted by molar-refractivity contribution is 6.30. The van der Waals surface area contributed by atoms with Crippen LogP contribution in [0.4, 0.5) is 0 Å².